The van der Waals surface area contributed by atoms with E-state index in [1.54, 1.807) is 12.1 Å². The zero-order valence-corrected chi connectivity index (χ0v) is 13.4. The lowest BCUT2D eigenvalue weighted by molar-refractivity contribution is -0.117. The lowest BCUT2D eigenvalue weighted by atomic mass is 10.1. The Morgan fingerprint density at radius 1 is 1.41 bits per heavy atom. The first kappa shape index (κ1) is 16.9. The maximum Gasteiger partial charge on any atom is 0.238 e. The Morgan fingerprint density at radius 3 is 2.82 bits per heavy atom. The van der Waals surface area contributed by atoms with Crippen LogP contribution >= 0.6 is 12.4 Å². The monoisotopic (exact) mass is 327 g/mol. The Kier molecular flexibility index (Phi) is 5.50. The fourth-order valence-electron chi connectivity index (χ4n) is 2.73. The molecule has 3 rings (SSSR count). The molecule has 22 heavy (non-hydrogen) atoms. The molecule has 1 unspecified atom stereocenters. The van der Waals surface area contributed by atoms with Gasteiger partial charge in [-0.2, -0.15) is 0 Å². The molecule has 3 N–H and O–H groups in total. The topological polar surface area (TPSA) is 76.8 Å². The minimum absolute atomic E-state index is 0. The molecular weight excluding hydrogens is 306 g/mol. The average molecular weight is 328 g/mol. The number of amides is 1. The highest BCUT2D eigenvalue weighted by atomic mass is 35.5. The van der Waals surface area contributed by atoms with Crippen molar-refractivity contribution in [3.8, 4) is 11.5 Å². The number of halogens is 1. The van der Waals surface area contributed by atoms with Crippen LogP contribution in [0.15, 0.2) is 18.2 Å². The molecule has 1 aromatic carbocycles. The van der Waals surface area contributed by atoms with Crippen LogP contribution in [0.3, 0.4) is 0 Å². The van der Waals surface area contributed by atoms with Gasteiger partial charge in [0.1, 0.15) is 0 Å². The number of hydrogen-bond acceptors (Lipinski definition) is 5. The fourth-order valence-corrected chi connectivity index (χ4v) is 2.73. The normalized spacial score (nSPS) is 17.0. The highest BCUT2D eigenvalue weighted by molar-refractivity contribution is 5.92. The zero-order chi connectivity index (χ0) is 14.8. The molecule has 1 fully saturated rings. The third-order valence-electron chi connectivity index (χ3n) is 4.02. The molecule has 1 aliphatic carbocycles. The lowest BCUT2D eigenvalue weighted by Gasteiger charge is -2.26. The first-order valence-corrected chi connectivity index (χ1v) is 7.27. The summed E-state index contributed by atoms with van der Waals surface area (Å²) in [6.07, 6.45) is 2.44. The quantitative estimate of drug-likeness (QED) is 0.827. The zero-order valence-electron chi connectivity index (χ0n) is 12.6. The molecule has 0 bridgehead atoms. The first-order valence-electron chi connectivity index (χ1n) is 7.27. The lowest BCUT2D eigenvalue weighted by Crippen LogP contribution is -2.43. The minimum atomic E-state index is -0.0459. The van der Waals surface area contributed by atoms with E-state index in [1.165, 1.54) is 12.8 Å². The fraction of sp³-hybridized carbons (Fsp3) is 0.533. The van der Waals surface area contributed by atoms with Gasteiger partial charge in [0.25, 0.3) is 0 Å². The highest BCUT2D eigenvalue weighted by Crippen LogP contribution is 2.35. The van der Waals surface area contributed by atoms with Crippen molar-refractivity contribution in [2.45, 2.75) is 18.9 Å². The summed E-state index contributed by atoms with van der Waals surface area (Å²) in [5.41, 5.74) is 6.52. The van der Waals surface area contributed by atoms with Crippen molar-refractivity contribution in [2.24, 2.45) is 11.7 Å². The van der Waals surface area contributed by atoms with Crippen LogP contribution in [0.25, 0.3) is 0 Å². The maximum absolute atomic E-state index is 12.1. The van der Waals surface area contributed by atoms with Crippen molar-refractivity contribution >= 4 is 24.0 Å². The van der Waals surface area contributed by atoms with Crippen LogP contribution in [-0.2, 0) is 4.79 Å². The summed E-state index contributed by atoms with van der Waals surface area (Å²) in [5.74, 6) is 1.98. The largest absolute Gasteiger partial charge is 0.454 e. The van der Waals surface area contributed by atoms with Gasteiger partial charge in [-0.3, -0.25) is 9.69 Å². The summed E-state index contributed by atoms with van der Waals surface area (Å²) in [5, 5.41) is 2.88. The average Bonchev–Trinajstić information content (AvgIpc) is 3.16. The van der Waals surface area contributed by atoms with Crippen molar-refractivity contribution in [1.29, 1.82) is 0 Å². The molecular formula is C15H22ClN3O3. The number of likely N-dealkylation sites (N-methyl/N-ethyl adjacent to an activating group) is 1. The number of anilines is 1. The van der Waals surface area contributed by atoms with Gasteiger partial charge in [0.15, 0.2) is 11.5 Å². The molecule has 1 aliphatic heterocycles. The van der Waals surface area contributed by atoms with Gasteiger partial charge in [0.05, 0.1) is 6.54 Å². The number of ether oxygens (including phenoxy) is 2. The number of nitrogens with two attached hydrogens (primary N) is 1. The van der Waals surface area contributed by atoms with E-state index in [4.69, 9.17) is 15.2 Å². The Bertz CT molecular complexity index is 537. The van der Waals surface area contributed by atoms with E-state index in [9.17, 15) is 4.79 Å². The SMILES string of the molecule is CN(CC(=O)Nc1ccc2c(c1)OCO2)C(CN)C1CC1.Cl. The van der Waals surface area contributed by atoms with Gasteiger partial charge in [-0.1, -0.05) is 0 Å². The van der Waals surface area contributed by atoms with Crippen LogP contribution in [0.1, 0.15) is 12.8 Å². The van der Waals surface area contributed by atoms with Crippen LogP contribution < -0.4 is 20.5 Å². The number of benzene rings is 1. The first-order chi connectivity index (χ1) is 10.2. The van der Waals surface area contributed by atoms with Crippen LogP contribution in [0.2, 0.25) is 0 Å². The second-order valence-corrected chi connectivity index (χ2v) is 5.67. The van der Waals surface area contributed by atoms with E-state index in [1.807, 2.05) is 18.0 Å². The van der Waals surface area contributed by atoms with E-state index < -0.39 is 0 Å². The minimum Gasteiger partial charge on any atom is -0.454 e. The summed E-state index contributed by atoms with van der Waals surface area (Å²) in [4.78, 5) is 14.2. The van der Waals surface area contributed by atoms with Gasteiger partial charge in [0.2, 0.25) is 12.7 Å². The standard InChI is InChI=1S/C15H21N3O3.ClH/c1-18(12(7-16)10-2-3-10)8-15(19)17-11-4-5-13-14(6-11)21-9-20-13;/h4-6,10,12H,2-3,7-9,16H2,1H3,(H,17,19);1H. The van der Waals surface area contributed by atoms with E-state index in [0.717, 1.165) is 0 Å². The molecule has 1 amide bonds. The number of fused-ring (bicyclic) bond motifs is 1. The molecule has 0 spiro atoms. The molecule has 0 saturated heterocycles. The van der Waals surface area contributed by atoms with Crippen LogP contribution in [-0.4, -0.2) is 43.8 Å². The third-order valence-corrected chi connectivity index (χ3v) is 4.02. The van der Waals surface area contributed by atoms with Gasteiger partial charge < -0.3 is 20.5 Å². The number of nitrogens with one attached hydrogen (secondary N) is 1. The molecule has 7 heteroatoms. The number of nitrogens with zero attached hydrogens (tertiary/aromatic N) is 1. The van der Waals surface area contributed by atoms with Crippen molar-refractivity contribution in [2.75, 3.05) is 32.2 Å². The van der Waals surface area contributed by atoms with Crippen molar-refractivity contribution in [1.82, 2.24) is 4.90 Å². The van der Waals surface area contributed by atoms with E-state index >= 15 is 0 Å². The van der Waals surface area contributed by atoms with Gasteiger partial charge in [0, 0.05) is 24.3 Å². The molecule has 1 aromatic rings. The Hall–Kier alpha value is -1.50. The summed E-state index contributed by atoms with van der Waals surface area (Å²) >= 11 is 0. The van der Waals surface area contributed by atoms with E-state index in [0.29, 0.717) is 42.2 Å². The molecule has 1 atom stereocenters. The second kappa shape index (κ2) is 7.17. The van der Waals surface area contributed by atoms with Crippen LogP contribution in [0.4, 0.5) is 5.69 Å². The molecule has 0 radical (unpaired) electrons. The van der Waals surface area contributed by atoms with Crippen molar-refractivity contribution in [3.05, 3.63) is 18.2 Å². The third kappa shape index (κ3) is 3.82. The smallest absolute Gasteiger partial charge is 0.238 e. The highest BCUT2D eigenvalue weighted by Gasteiger charge is 2.33. The Morgan fingerprint density at radius 2 is 2.14 bits per heavy atom. The number of carbonyl (C=O) groups excluding carboxylic acids is 1. The molecule has 122 valence electrons. The molecule has 1 saturated carbocycles. The molecule has 6 nitrogen and oxygen atoms in total. The number of hydrogen-bond donors (Lipinski definition) is 2. The summed E-state index contributed by atoms with van der Waals surface area (Å²) in [6, 6.07) is 5.69. The van der Waals surface area contributed by atoms with Gasteiger partial charge >= 0.3 is 0 Å². The summed E-state index contributed by atoms with van der Waals surface area (Å²) in [7, 11) is 1.95. The van der Waals surface area contributed by atoms with Crippen molar-refractivity contribution < 1.29 is 14.3 Å². The maximum atomic E-state index is 12.1. The van der Waals surface area contributed by atoms with Crippen LogP contribution in [0, 0.1) is 5.92 Å². The predicted octanol–water partition coefficient (Wildman–Crippen LogP) is 1.44. The summed E-state index contributed by atoms with van der Waals surface area (Å²) in [6.45, 7) is 1.17. The Balaban J connectivity index is 0.00000176. The van der Waals surface area contributed by atoms with Gasteiger partial charge in [-0.05, 0) is 37.9 Å². The predicted molar refractivity (Wildman–Crippen MR) is 86.6 cm³/mol. The van der Waals surface area contributed by atoms with E-state index in [-0.39, 0.29) is 25.1 Å². The number of rotatable bonds is 6. The second-order valence-electron chi connectivity index (χ2n) is 5.67. The van der Waals surface area contributed by atoms with Gasteiger partial charge in [-0.15, -0.1) is 12.4 Å². The Labute approximate surface area is 136 Å². The molecule has 1 heterocycles. The summed E-state index contributed by atoms with van der Waals surface area (Å²) < 4.78 is 10.5. The van der Waals surface area contributed by atoms with Crippen LogP contribution in [0.5, 0.6) is 11.5 Å². The molecule has 0 aromatic heterocycles. The van der Waals surface area contributed by atoms with Crippen molar-refractivity contribution in [3.63, 3.8) is 0 Å². The van der Waals surface area contributed by atoms with Gasteiger partial charge in [-0.25, -0.2) is 0 Å². The number of carbonyl (C=O) groups is 1. The molecule has 2 aliphatic rings. The van der Waals surface area contributed by atoms with E-state index in [2.05, 4.69) is 5.32 Å².